The Hall–Kier alpha value is -1.82. The van der Waals surface area contributed by atoms with Crippen LogP contribution in [0.3, 0.4) is 0 Å². The molecule has 0 radical (unpaired) electrons. The number of hydrogen-bond donors (Lipinski definition) is 2. The van der Waals surface area contributed by atoms with Crippen LogP contribution in [0.1, 0.15) is 0 Å². The van der Waals surface area contributed by atoms with Crippen LogP contribution >= 0.6 is 11.5 Å². The Morgan fingerprint density at radius 1 is 1.60 bits per heavy atom. The van der Waals surface area contributed by atoms with Gasteiger partial charge in [0.05, 0.1) is 17.2 Å². The van der Waals surface area contributed by atoms with Crippen molar-refractivity contribution in [2.24, 2.45) is 5.73 Å². The zero-order chi connectivity index (χ0) is 10.8. The number of nitrogens with zero attached hydrogens (tertiary/aromatic N) is 1. The van der Waals surface area contributed by atoms with E-state index in [0.29, 0.717) is 11.6 Å². The molecule has 0 unspecified atom stereocenters. The monoisotopic (exact) mass is 223 g/mol. The first kappa shape index (κ1) is 9.72. The summed E-state index contributed by atoms with van der Waals surface area (Å²) in [5.74, 6) is 0.558. The van der Waals surface area contributed by atoms with Crippen LogP contribution in [0.5, 0.6) is 5.88 Å². The molecule has 5 nitrogen and oxygen atoms in total. The SMILES string of the molecule is COc1nsc2ccc(NC(N)=O)cc12. The summed E-state index contributed by atoms with van der Waals surface area (Å²) in [5.41, 5.74) is 5.65. The van der Waals surface area contributed by atoms with Crippen molar-refractivity contribution in [2.75, 3.05) is 12.4 Å². The minimum absolute atomic E-state index is 0.558. The van der Waals surface area contributed by atoms with Crippen molar-refractivity contribution in [1.29, 1.82) is 0 Å². The van der Waals surface area contributed by atoms with E-state index < -0.39 is 6.03 Å². The first-order valence-corrected chi connectivity index (χ1v) is 4.98. The van der Waals surface area contributed by atoms with E-state index >= 15 is 0 Å². The third-order valence-corrected chi connectivity index (χ3v) is 2.71. The third-order valence-electron chi connectivity index (χ3n) is 1.90. The van der Waals surface area contributed by atoms with Gasteiger partial charge in [0.25, 0.3) is 0 Å². The number of nitrogens with one attached hydrogen (secondary N) is 1. The van der Waals surface area contributed by atoms with Gasteiger partial charge in [-0.05, 0) is 29.7 Å². The number of fused-ring (bicyclic) bond motifs is 1. The van der Waals surface area contributed by atoms with Crippen molar-refractivity contribution >= 4 is 33.3 Å². The minimum atomic E-state index is -0.587. The first-order chi connectivity index (χ1) is 7.20. The number of aromatic nitrogens is 1. The number of carbonyl (C=O) groups excluding carboxylic acids is 1. The fourth-order valence-electron chi connectivity index (χ4n) is 1.28. The van der Waals surface area contributed by atoms with Gasteiger partial charge < -0.3 is 15.8 Å². The highest BCUT2D eigenvalue weighted by atomic mass is 32.1. The molecule has 0 saturated heterocycles. The van der Waals surface area contributed by atoms with E-state index in [1.165, 1.54) is 11.5 Å². The molecule has 0 saturated carbocycles. The summed E-state index contributed by atoms with van der Waals surface area (Å²) in [4.78, 5) is 10.7. The highest BCUT2D eigenvalue weighted by molar-refractivity contribution is 7.13. The molecule has 1 aromatic heterocycles. The largest absolute Gasteiger partial charge is 0.480 e. The fourth-order valence-corrected chi connectivity index (χ4v) is 2.01. The molecule has 0 fully saturated rings. The summed E-state index contributed by atoms with van der Waals surface area (Å²) in [7, 11) is 1.56. The maximum atomic E-state index is 10.7. The fraction of sp³-hybridized carbons (Fsp3) is 0.111. The number of nitrogens with two attached hydrogens (primary N) is 1. The van der Waals surface area contributed by atoms with Crippen molar-refractivity contribution in [3.05, 3.63) is 18.2 Å². The quantitative estimate of drug-likeness (QED) is 0.814. The lowest BCUT2D eigenvalue weighted by Crippen LogP contribution is -2.19. The standard InChI is InChI=1S/C9H9N3O2S/c1-14-8-6-4-5(11-9(10)13)2-3-7(6)15-12-8/h2-4H,1H3,(H3,10,11,13). The van der Waals surface area contributed by atoms with Gasteiger partial charge in [-0.1, -0.05) is 0 Å². The van der Waals surface area contributed by atoms with Crippen molar-refractivity contribution in [2.45, 2.75) is 0 Å². The predicted molar refractivity (Wildman–Crippen MR) is 59.4 cm³/mol. The normalized spacial score (nSPS) is 10.2. The highest BCUT2D eigenvalue weighted by Gasteiger charge is 2.07. The molecule has 0 aliphatic heterocycles. The molecule has 0 aliphatic carbocycles. The van der Waals surface area contributed by atoms with Crippen LogP contribution in [0, 0.1) is 0 Å². The Balaban J connectivity index is 2.47. The highest BCUT2D eigenvalue weighted by Crippen LogP contribution is 2.30. The Labute approximate surface area is 90.0 Å². The second-order valence-corrected chi connectivity index (χ2v) is 3.70. The van der Waals surface area contributed by atoms with Crippen molar-refractivity contribution in [3.8, 4) is 5.88 Å². The van der Waals surface area contributed by atoms with E-state index in [0.717, 1.165) is 10.1 Å². The van der Waals surface area contributed by atoms with Crippen LogP contribution in [0.15, 0.2) is 18.2 Å². The summed E-state index contributed by atoms with van der Waals surface area (Å²) in [6.07, 6.45) is 0. The van der Waals surface area contributed by atoms with Gasteiger partial charge in [0.1, 0.15) is 0 Å². The number of benzene rings is 1. The lowest BCUT2D eigenvalue weighted by Gasteiger charge is -2.01. The van der Waals surface area contributed by atoms with E-state index in [1.807, 2.05) is 6.07 Å². The number of urea groups is 1. The van der Waals surface area contributed by atoms with Gasteiger partial charge in [-0.2, -0.15) is 4.37 Å². The Bertz CT molecular complexity index is 509. The predicted octanol–water partition coefficient (Wildman–Crippen LogP) is 1.80. The lowest BCUT2D eigenvalue weighted by atomic mass is 10.2. The van der Waals surface area contributed by atoms with Gasteiger partial charge in [-0.3, -0.25) is 0 Å². The van der Waals surface area contributed by atoms with Gasteiger partial charge >= 0.3 is 6.03 Å². The molecule has 2 amide bonds. The number of ether oxygens (including phenoxy) is 1. The maximum Gasteiger partial charge on any atom is 0.316 e. The van der Waals surface area contributed by atoms with Crippen LogP contribution in [-0.2, 0) is 0 Å². The number of rotatable bonds is 2. The lowest BCUT2D eigenvalue weighted by molar-refractivity contribution is 0.259. The number of anilines is 1. The maximum absolute atomic E-state index is 10.7. The van der Waals surface area contributed by atoms with E-state index in [9.17, 15) is 4.79 Å². The number of methoxy groups -OCH3 is 1. The van der Waals surface area contributed by atoms with Gasteiger partial charge in [0, 0.05) is 5.69 Å². The molecule has 0 spiro atoms. The topological polar surface area (TPSA) is 77.2 Å². The number of hydrogen-bond acceptors (Lipinski definition) is 4. The molecule has 2 aromatic rings. The number of amides is 2. The summed E-state index contributed by atoms with van der Waals surface area (Å²) in [5, 5.41) is 3.37. The molecular weight excluding hydrogens is 214 g/mol. The number of carbonyl (C=O) groups is 1. The average Bonchev–Trinajstić information content (AvgIpc) is 2.59. The van der Waals surface area contributed by atoms with E-state index in [2.05, 4.69) is 9.69 Å². The summed E-state index contributed by atoms with van der Waals surface area (Å²) >= 11 is 1.35. The van der Waals surface area contributed by atoms with Crippen LogP contribution in [-0.4, -0.2) is 17.5 Å². The molecule has 15 heavy (non-hydrogen) atoms. The molecule has 1 heterocycles. The van der Waals surface area contributed by atoms with Gasteiger partial charge in [-0.25, -0.2) is 4.79 Å². The molecule has 0 aliphatic rings. The van der Waals surface area contributed by atoms with Crippen LogP contribution < -0.4 is 15.8 Å². The third kappa shape index (κ3) is 1.84. The van der Waals surface area contributed by atoms with E-state index in [-0.39, 0.29) is 0 Å². The van der Waals surface area contributed by atoms with Gasteiger partial charge in [0.2, 0.25) is 5.88 Å². The van der Waals surface area contributed by atoms with Crippen molar-refractivity contribution < 1.29 is 9.53 Å². The molecule has 1 aromatic carbocycles. The molecule has 6 heteroatoms. The van der Waals surface area contributed by atoms with Gasteiger partial charge in [0.15, 0.2) is 0 Å². The smallest absolute Gasteiger partial charge is 0.316 e. The molecule has 2 rings (SSSR count). The Kier molecular flexibility index (Phi) is 2.42. The molecule has 0 atom stereocenters. The molecule has 78 valence electrons. The Morgan fingerprint density at radius 3 is 3.07 bits per heavy atom. The first-order valence-electron chi connectivity index (χ1n) is 4.20. The van der Waals surface area contributed by atoms with Gasteiger partial charge in [-0.15, -0.1) is 0 Å². The molecule has 3 N–H and O–H groups in total. The van der Waals surface area contributed by atoms with Crippen LogP contribution in [0.2, 0.25) is 0 Å². The van der Waals surface area contributed by atoms with E-state index in [4.69, 9.17) is 10.5 Å². The molecular formula is C9H9N3O2S. The second-order valence-electron chi connectivity index (χ2n) is 2.89. The van der Waals surface area contributed by atoms with Crippen molar-refractivity contribution in [3.63, 3.8) is 0 Å². The zero-order valence-corrected chi connectivity index (χ0v) is 8.80. The average molecular weight is 223 g/mol. The van der Waals surface area contributed by atoms with Crippen LogP contribution in [0.4, 0.5) is 10.5 Å². The summed E-state index contributed by atoms with van der Waals surface area (Å²) < 4.78 is 10.2. The second kappa shape index (κ2) is 3.74. The molecule has 0 bridgehead atoms. The number of primary amides is 1. The van der Waals surface area contributed by atoms with Crippen molar-refractivity contribution in [1.82, 2.24) is 4.37 Å². The summed E-state index contributed by atoms with van der Waals surface area (Å²) in [6, 6.07) is 4.82. The Morgan fingerprint density at radius 2 is 2.40 bits per heavy atom. The van der Waals surface area contributed by atoms with E-state index in [1.54, 1.807) is 19.2 Å². The summed E-state index contributed by atoms with van der Waals surface area (Å²) in [6.45, 7) is 0. The van der Waals surface area contributed by atoms with Crippen LogP contribution in [0.25, 0.3) is 10.1 Å². The zero-order valence-electron chi connectivity index (χ0n) is 7.98. The minimum Gasteiger partial charge on any atom is -0.480 e.